The third-order valence-corrected chi connectivity index (χ3v) is 3.35. The molecule has 19 heavy (non-hydrogen) atoms. The van der Waals surface area contributed by atoms with Crippen molar-refractivity contribution in [1.82, 2.24) is 0 Å². The Bertz CT molecular complexity index is 621. The zero-order valence-electron chi connectivity index (χ0n) is 9.82. The van der Waals surface area contributed by atoms with Crippen molar-refractivity contribution in [3.63, 3.8) is 0 Å². The van der Waals surface area contributed by atoms with E-state index in [0.717, 1.165) is 12.1 Å². The van der Waals surface area contributed by atoms with Gasteiger partial charge >= 0.3 is 10.3 Å². The molecule has 2 aromatic carbocycles. The van der Waals surface area contributed by atoms with Crippen LogP contribution in [0.5, 0.6) is 0 Å². The van der Waals surface area contributed by atoms with E-state index in [1.807, 2.05) is 0 Å². The van der Waals surface area contributed by atoms with Crippen LogP contribution in [0.1, 0.15) is 5.56 Å². The summed E-state index contributed by atoms with van der Waals surface area (Å²) in [7, 11) is -4.51. The highest BCUT2D eigenvalue weighted by Crippen LogP contribution is 2.28. The van der Waals surface area contributed by atoms with E-state index in [1.165, 1.54) is 24.3 Å². The van der Waals surface area contributed by atoms with Crippen LogP contribution in [0.3, 0.4) is 0 Å². The minimum atomic E-state index is -4.51. The van der Waals surface area contributed by atoms with Crippen LogP contribution in [-0.4, -0.2) is 13.0 Å². The Morgan fingerprint density at radius 2 is 1.37 bits per heavy atom. The largest absolute Gasteiger partial charge is 0.364 e. The first kappa shape index (κ1) is 13.5. The van der Waals surface area contributed by atoms with E-state index in [9.17, 15) is 17.4 Å². The average molecular weight is 280 g/mol. The second-order valence-electron chi connectivity index (χ2n) is 3.89. The number of halogens is 1. The van der Waals surface area contributed by atoms with Crippen molar-refractivity contribution in [3.8, 4) is 0 Å². The lowest BCUT2D eigenvalue weighted by Gasteiger charge is -2.21. The van der Waals surface area contributed by atoms with Crippen molar-refractivity contribution < 1.29 is 17.4 Å². The second kappa shape index (κ2) is 4.99. The van der Waals surface area contributed by atoms with Crippen molar-refractivity contribution in [2.45, 2.75) is 0 Å². The average Bonchev–Trinajstić information content (AvgIpc) is 2.33. The zero-order valence-corrected chi connectivity index (χ0v) is 10.6. The summed E-state index contributed by atoms with van der Waals surface area (Å²) in [4.78, 5) is 0. The Kier molecular flexibility index (Phi) is 3.55. The van der Waals surface area contributed by atoms with Crippen LogP contribution in [0.4, 0.5) is 15.8 Å². The number of nitrogens with zero attached hydrogens (tertiary/aromatic N) is 1. The summed E-state index contributed by atoms with van der Waals surface area (Å²) >= 11 is 0. The van der Waals surface area contributed by atoms with Crippen LogP contribution in [0, 0.1) is 12.7 Å². The topological polar surface area (TPSA) is 57.6 Å². The molecule has 2 aromatic rings. The molecule has 0 spiro atoms. The Labute approximate surface area is 111 Å². The van der Waals surface area contributed by atoms with Gasteiger partial charge in [0.05, 0.1) is 11.4 Å². The fraction of sp³-hybridized carbons (Fsp3) is 0. The molecule has 0 amide bonds. The van der Waals surface area contributed by atoms with Gasteiger partial charge in [-0.3, -0.25) is 4.55 Å². The van der Waals surface area contributed by atoms with Gasteiger partial charge in [0.15, 0.2) is 0 Å². The normalized spacial score (nSPS) is 11.3. The summed E-state index contributed by atoms with van der Waals surface area (Å²) in [6.07, 6.45) is 0. The van der Waals surface area contributed by atoms with Crippen LogP contribution in [0.2, 0.25) is 0 Å². The first-order valence-electron chi connectivity index (χ1n) is 5.33. The molecule has 0 bridgehead atoms. The van der Waals surface area contributed by atoms with Crippen molar-refractivity contribution in [2.24, 2.45) is 0 Å². The number of rotatable bonds is 3. The molecule has 0 aliphatic heterocycles. The van der Waals surface area contributed by atoms with Crippen LogP contribution >= 0.6 is 0 Å². The van der Waals surface area contributed by atoms with Crippen LogP contribution in [0.25, 0.3) is 0 Å². The summed E-state index contributed by atoms with van der Waals surface area (Å²) in [5.74, 6) is -0.493. The van der Waals surface area contributed by atoms with E-state index >= 15 is 0 Å². The van der Waals surface area contributed by atoms with Gasteiger partial charge in [-0.05, 0) is 48.9 Å². The molecule has 0 saturated heterocycles. The molecule has 0 saturated carbocycles. The quantitative estimate of drug-likeness (QED) is 0.879. The van der Waals surface area contributed by atoms with Gasteiger partial charge in [0.1, 0.15) is 5.82 Å². The molecule has 0 aliphatic rings. The third kappa shape index (κ3) is 3.10. The highest BCUT2D eigenvalue weighted by atomic mass is 32.2. The Morgan fingerprint density at radius 3 is 1.79 bits per heavy atom. The van der Waals surface area contributed by atoms with Gasteiger partial charge in [-0.1, -0.05) is 12.1 Å². The number of hydrogen-bond donors (Lipinski definition) is 1. The van der Waals surface area contributed by atoms with Crippen molar-refractivity contribution >= 4 is 21.7 Å². The van der Waals surface area contributed by atoms with E-state index in [4.69, 9.17) is 0 Å². The highest BCUT2D eigenvalue weighted by Gasteiger charge is 2.21. The van der Waals surface area contributed by atoms with Crippen LogP contribution in [0.15, 0.2) is 48.5 Å². The lowest BCUT2D eigenvalue weighted by molar-refractivity contribution is 0.483. The maximum atomic E-state index is 12.9. The molecule has 0 aromatic heterocycles. The second-order valence-corrected chi connectivity index (χ2v) is 5.15. The minimum Gasteiger partial charge on any atom is -0.269 e. The molecule has 0 unspecified atom stereocenters. The first-order chi connectivity index (χ1) is 8.88. The number of anilines is 2. The molecule has 99 valence electrons. The van der Waals surface area contributed by atoms with Crippen LogP contribution in [-0.2, 0) is 10.3 Å². The number of hydrogen-bond acceptors (Lipinski definition) is 2. The summed E-state index contributed by atoms with van der Waals surface area (Å²) < 4.78 is 45.8. The van der Waals surface area contributed by atoms with Gasteiger partial charge in [-0.25, -0.2) is 8.70 Å². The molecule has 0 aliphatic carbocycles. The molecular formula is C13H11FNO3S. The SMILES string of the molecule is [CH2]c1ccc(N(c2ccc(F)cc2)S(=O)(=O)O)cc1. The van der Waals surface area contributed by atoms with Gasteiger partial charge in [0.2, 0.25) is 0 Å². The van der Waals surface area contributed by atoms with E-state index in [-0.39, 0.29) is 11.4 Å². The molecule has 6 heteroatoms. The van der Waals surface area contributed by atoms with Gasteiger partial charge < -0.3 is 0 Å². The van der Waals surface area contributed by atoms with E-state index in [1.54, 1.807) is 12.1 Å². The summed E-state index contributed by atoms with van der Waals surface area (Å²) in [5, 5.41) is 0. The predicted octanol–water partition coefficient (Wildman–Crippen LogP) is 2.95. The fourth-order valence-electron chi connectivity index (χ4n) is 1.62. The molecule has 4 nitrogen and oxygen atoms in total. The predicted molar refractivity (Wildman–Crippen MR) is 71.0 cm³/mol. The Morgan fingerprint density at radius 1 is 0.947 bits per heavy atom. The van der Waals surface area contributed by atoms with Crippen molar-refractivity contribution in [2.75, 3.05) is 4.31 Å². The molecular weight excluding hydrogens is 269 g/mol. The monoisotopic (exact) mass is 280 g/mol. The van der Waals surface area contributed by atoms with E-state index in [0.29, 0.717) is 9.87 Å². The lowest BCUT2D eigenvalue weighted by atomic mass is 10.2. The maximum Gasteiger partial charge on any atom is 0.364 e. The molecule has 0 fully saturated rings. The van der Waals surface area contributed by atoms with Crippen molar-refractivity contribution in [3.05, 3.63) is 66.8 Å². The third-order valence-electron chi connectivity index (χ3n) is 2.46. The summed E-state index contributed by atoms with van der Waals surface area (Å²) in [6.45, 7) is 3.69. The van der Waals surface area contributed by atoms with E-state index < -0.39 is 16.1 Å². The smallest absolute Gasteiger partial charge is 0.269 e. The molecule has 0 heterocycles. The van der Waals surface area contributed by atoms with Gasteiger partial charge in [0.25, 0.3) is 0 Å². The molecule has 1 radical (unpaired) electrons. The molecule has 0 atom stereocenters. The summed E-state index contributed by atoms with van der Waals surface area (Å²) in [6, 6.07) is 11.0. The maximum absolute atomic E-state index is 12.9. The highest BCUT2D eigenvalue weighted by molar-refractivity contribution is 7.87. The Hall–Kier alpha value is -1.92. The van der Waals surface area contributed by atoms with Crippen LogP contribution < -0.4 is 4.31 Å². The van der Waals surface area contributed by atoms with Gasteiger partial charge in [0, 0.05) is 0 Å². The lowest BCUT2D eigenvalue weighted by Crippen LogP contribution is -2.25. The fourth-order valence-corrected chi connectivity index (χ4v) is 2.40. The van der Waals surface area contributed by atoms with Gasteiger partial charge in [-0.15, -0.1) is 0 Å². The van der Waals surface area contributed by atoms with E-state index in [2.05, 4.69) is 6.92 Å². The molecule has 1 N–H and O–H groups in total. The Balaban J connectivity index is 2.54. The van der Waals surface area contributed by atoms with Gasteiger partial charge in [-0.2, -0.15) is 8.42 Å². The number of benzene rings is 2. The first-order valence-corrected chi connectivity index (χ1v) is 6.73. The summed E-state index contributed by atoms with van der Waals surface area (Å²) in [5.41, 5.74) is 1.08. The minimum absolute atomic E-state index is 0.140. The standard InChI is InChI=1S/C13H11FNO3S/c1-10-2-6-12(7-3-10)15(19(16,17)18)13-8-4-11(14)5-9-13/h2-9H,1H2,(H,16,17,18). The zero-order chi connectivity index (χ0) is 14.0. The van der Waals surface area contributed by atoms with Crippen molar-refractivity contribution in [1.29, 1.82) is 0 Å². The molecule has 2 rings (SSSR count).